The molecule has 0 saturated carbocycles. The number of anilines is 2. The Morgan fingerprint density at radius 1 is 0.885 bits per heavy atom. The number of halogens is 1. The molecule has 26 heavy (non-hydrogen) atoms. The largest absolute Gasteiger partial charge is 0.339 e. The van der Waals surface area contributed by atoms with Crippen LogP contribution in [0.25, 0.3) is 0 Å². The fourth-order valence-electron chi connectivity index (χ4n) is 3.35. The molecule has 0 saturated heterocycles. The van der Waals surface area contributed by atoms with Crippen LogP contribution >= 0.6 is 11.6 Å². The van der Waals surface area contributed by atoms with Gasteiger partial charge in [0, 0.05) is 22.7 Å². The van der Waals surface area contributed by atoms with Gasteiger partial charge in [-0.25, -0.2) is 4.99 Å². The van der Waals surface area contributed by atoms with Gasteiger partial charge in [-0.1, -0.05) is 54.1 Å². The Labute approximate surface area is 158 Å². The first kappa shape index (κ1) is 16.8. The molecule has 3 aromatic carbocycles. The number of nitrogens with zero attached hydrogens (tertiary/aromatic N) is 2. The summed E-state index contributed by atoms with van der Waals surface area (Å²) < 4.78 is 0. The highest BCUT2D eigenvalue weighted by Gasteiger charge is 2.23. The van der Waals surface area contributed by atoms with Gasteiger partial charge in [-0.15, -0.1) is 0 Å². The molecule has 1 heterocycles. The van der Waals surface area contributed by atoms with Crippen molar-refractivity contribution in [1.82, 2.24) is 0 Å². The molecule has 1 aliphatic heterocycles. The maximum absolute atomic E-state index is 6.25. The van der Waals surface area contributed by atoms with Gasteiger partial charge in [-0.3, -0.25) is 0 Å². The van der Waals surface area contributed by atoms with Gasteiger partial charge in [0.2, 0.25) is 0 Å². The summed E-state index contributed by atoms with van der Waals surface area (Å²) in [6.07, 6.45) is 0.912. The van der Waals surface area contributed by atoms with Crippen LogP contribution in [0.5, 0.6) is 0 Å². The molecule has 0 unspecified atom stereocenters. The maximum Gasteiger partial charge on any atom is 0.0874 e. The molecule has 3 aromatic rings. The van der Waals surface area contributed by atoms with Crippen LogP contribution in [-0.2, 0) is 0 Å². The predicted molar refractivity (Wildman–Crippen MR) is 110 cm³/mol. The molecule has 0 radical (unpaired) electrons. The summed E-state index contributed by atoms with van der Waals surface area (Å²) in [7, 11) is 0. The Morgan fingerprint density at radius 2 is 1.65 bits per heavy atom. The average Bonchev–Trinajstić information content (AvgIpc) is 2.81. The number of aliphatic imine (C=N–C) groups is 1. The van der Waals surface area contributed by atoms with Crippen molar-refractivity contribution in [3.05, 3.63) is 88.9 Å². The molecule has 2 N–H and O–H groups in total. The number of hydrogen-bond acceptors (Lipinski definition) is 3. The van der Waals surface area contributed by atoms with E-state index in [2.05, 4.69) is 53.4 Å². The van der Waals surface area contributed by atoms with Crippen molar-refractivity contribution >= 4 is 34.4 Å². The van der Waals surface area contributed by atoms with E-state index in [1.165, 1.54) is 0 Å². The highest BCUT2D eigenvalue weighted by atomic mass is 35.5. The standard InChI is InChI=1S/C22H20ClN3/c23-17-8-5-7-16(15-17)22-18-9-1-3-11-20(18)26(14-6-13-24)21-12-4-2-10-19(21)25-22/h1-5,7-12,15H,6,13-14,24H2. The summed E-state index contributed by atoms with van der Waals surface area (Å²) in [6, 6.07) is 24.5. The van der Waals surface area contributed by atoms with Crippen LogP contribution in [0.3, 0.4) is 0 Å². The lowest BCUT2D eigenvalue weighted by molar-refractivity contribution is 0.818. The molecule has 4 heteroatoms. The lowest BCUT2D eigenvalue weighted by Gasteiger charge is -2.26. The third-order valence-electron chi connectivity index (χ3n) is 4.54. The van der Waals surface area contributed by atoms with E-state index < -0.39 is 0 Å². The quantitative estimate of drug-likeness (QED) is 0.684. The summed E-state index contributed by atoms with van der Waals surface area (Å²) in [5, 5.41) is 0.709. The van der Waals surface area contributed by atoms with Crippen LogP contribution in [0.15, 0.2) is 77.8 Å². The molecule has 0 spiro atoms. The van der Waals surface area contributed by atoms with E-state index >= 15 is 0 Å². The Morgan fingerprint density at radius 3 is 2.46 bits per heavy atom. The lowest BCUT2D eigenvalue weighted by atomic mass is 10.00. The van der Waals surface area contributed by atoms with Crippen LogP contribution in [0.1, 0.15) is 17.5 Å². The molecule has 0 fully saturated rings. The van der Waals surface area contributed by atoms with Crippen molar-refractivity contribution < 1.29 is 0 Å². The van der Waals surface area contributed by atoms with Crippen molar-refractivity contribution in [3.63, 3.8) is 0 Å². The van der Waals surface area contributed by atoms with Crippen molar-refractivity contribution in [2.45, 2.75) is 6.42 Å². The van der Waals surface area contributed by atoms with Gasteiger partial charge in [0.15, 0.2) is 0 Å². The van der Waals surface area contributed by atoms with Crippen molar-refractivity contribution in [2.24, 2.45) is 10.7 Å². The minimum atomic E-state index is 0.656. The van der Waals surface area contributed by atoms with Crippen molar-refractivity contribution in [3.8, 4) is 0 Å². The third-order valence-corrected chi connectivity index (χ3v) is 4.77. The molecule has 0 aromatic heterocycles. The normalized spacial score (nSPS) is 12.8. The summed E-state index contributed by atoms with van der Waals surface area (Å²) in [6.45, 7) is 1.51. The van der Waals surface area contributed by atoms with Crippen LogP contribution in [0.4, 0.5) is 17.1 Å². The second-order valence-electron chi connectivity index (χ2n) is 6.27. The van der Waals surface area contributed by atoms with Gasteiger partial charge < -0.3 is 10.6 Å². The van der Waals surface area contributed by atoms with Gasteiger partial charge in [-0.05, 0) is 43.3 Å². The Bertz CT molecular complexity index is 965. The third kappa shape index (κ3) is 3.12. The molecule has 3 nitrogen and oxygen atoms in total. The molecule has 0 amide bonds. The summed E-state index contributed by atoms with van der Waals surface area (Å²) in [4.78, 5) is 7.35. The second kappa shape index (κ2) is 7.32. The summed E-state index contributed by atoms with van der Waals surface area (Å²) in [5.41, 5.74) is 12.0. The first-order valence-electron chi connectivity index (χ1n) is 8.78. The number of hydrogen-bond donors (Lipinski definition) is 1. The van der Waals surface area contributed by atoms with E-state index in [4.69, 9.17) is 22.3 Å². The zero-order valence-electron chi connectivity index (χ0n) is 14.4. The zero-order valence-corrected chi connectivity index (χ0v) is 15.2. The first-order chi connectivity index (χ1) is 12.8. The fourth-order valence-corrected chi connectivity index (χ4v) is 3.54. The van der Waals surface area contributed by atoms with E-state index in [0.717, 1.165) is 46.9 Å². The van der Waals surface area contributed by atoms with E-state index in [0.29, 0.717) is 11.6 Å². The topological polar surface area (TPSA) is 41.6 Å². The predicted octanol–water partition coefficient (Wildman–Crippen LogP) is 5.31. The number of benzene rings is 3. The van der Waals surface area contributed by atoms with Crippen LogP contribution < -0.4 is 10.6 Å². The molecule has 0 aliphatic carbocycles. The average molecular weight is 362 g/mol. The van der Waals surface area contributed by atoms with Crippen LogP contribution in [0, 0.1) is 0 Å². The Kier molecular flexibility index (Phi) is 4.74. The molecular formula is C22H20ClN3. The minimum Gasteiger partial charge on any atom is -0.339 e. The van der Waals surface area contributed by atoms with Gasteiger partial charge >= 0.3 is 0 Å². The second-order valence-corrected chi connectivity index (χ2v) is 6.71. The summed E-state index contributed by atoms with van der Waals surface area (Å²) in [5.74, 6) is 0. The van der Waals surface area contributed by atoms with Gasteiger partial charge in [0.25, 0.3) is 0 Å². The van der Waals surface area contributed by atoms with Crippen LogP contribution in [-0.4, -0.2) is 18.8 Å². The Hall–Kier alpha value is -2.62. The number of nitrogens with two attached hydrogens (primary N) is 1. The minimum absolute atomic E-state index is 0.656. The molecule has 0 atom stereocenters. The highest BCUT2D eigenvalue weighted by molar-refractivity contribution is 6.31. The highest BCUT2D eigenvalue weighted by Crippen LogP contribution is 2.40. The van der Waals surface area contributed by atoms with Gasteiger partial charge in [0.05, 0.1) is 22.8 Å². The molecule has 4 rings (SSSR count). The lowest BCUT2D eigenvalue weighted by Crippen LogP contribution is -2.22. The smallest absolute Gasteiger partial charge is 0.0874 e. The zero-order chi connectivity index (χ0) is 17.9. The van der Waals surface area contributed by atoms with Crippen molar-refractivity contribution in [2.75, 3.05) is 18.0 Å². The van der Waals surface area contributed by atoms with Gasteiger partial charge in [-0.2, -0.15) is 0 Å². The maximum atomic E-state index is 6.25. The number of fused-ring (bicyclic) bond motifs is 2. The Balaban J connectivity index is 1.96. The van der Waals surface area contributed by atoms with E-state index in [-0.39, 0.29) is 0 Å². The summed E-state index contributed by atoms with van der Waals surface area (Å²) >= 11 is 6.25. The number of rotatable bonds is 4. The van der Waals surface area contributed by atoms with E-state index in [1.807, 2.05) is 24.3 Å². The van der Waals surface area contributed by atoms with Crippen LogP contribution in [0.2, 0.25) is 5.02 Å². The van der Waals surface area contributed by atoms with E-state index in [9.17, 15) is 0 Å². The fraction of sp³-hybridized carbons (Fsp3) is 0.136. The molecule has 1 aliphatic rings. The molecule has 130 valence electrons. The molecular weight excluding hydrogens is 342 g/mol. The molecule has 0 bridgehead atoms. The first-order valence-corrected chi connectivity index (χ1v) is 9.16. The monoisotopic (exact) mass is 361 g/mol. The SMILES string of the molecule is NCCCN1c2ccccc2N=C(c2cccc(Cl)c2)c2ccccc21. The number of para-hydroxylation sites is 3. The van der Waals surface area contributed by atoms with Crippen molar-refractivity contribution in [1.29, 1.82) is 0 Å². The van der Waals surface area contributed by atoms with Gasteiger partial charge in [0.1, 0.15) is 0 Å². The van der Waals surface area contributed by atoms with E-state index in [1.54, 1.807) is 0 Å².